The third kappa shape index (κ3) is 5.67. The van der Waals surface area contributed by atoms with Crippen molar-refractivity contribution >= 4 is 32.6 Å². The van der Waals surface area contributed by atoms with Crippen molar-refractivity contribution in [3.05, 3.63) is 53.3 Å². The van der Waals surface area contributed by atoms with Gasteiger partial charge in [0, 0.05) is 42.7 Å². The van der Waals surface area contributed by atoms with Crippen LogP contribution in [0, 0.1) is 5.82 Å². The number of halogens is 1. The summed E-state index contributed by atoms with van der Waals surface area (Å²) in [4.78, 5) is 15.3. The number of likely N-dealkylation sites (tertiary alicyclic amines) is 1. The second-order valence-corrected chi connectivity index (χ2v) is 12.2. The van der Waals surface area contributed by atoms with E-state index in [0.717, 1.165) is 32.2 Å². The van der Waals surface area contributed by atoms with Gasteiger partial charge >= 0.3 is 0 Å². The lowest BCUT2D eigenvalue weighted by atomic mass is 10.0. The van der Waals surface area contributed by atoms with E-state index in [-0.39, 0.29) is 36.5 Å². The SMILES string of the molecule is CNC(=O)c1c(-c2ccc(F)cc2)oc2cc3c(cc12)[C@H](C)O[C@H](COC1CCN(C)CC1)CN3S(C)(=O)=O. The Labute approximate surface area is 227 Å². The van der Waals surface area contributed by atoms with Crippen molar-refractivity contribution in [1.29, 1.82) is 0 Å². The molecule has 0 radical (unpaired) electrons. The largest absolute Gasteiger partial charge is 0.455 e. The van der Waals surface area contributed by atoms with Crippen LogP contribution >= 0.6 is 0 Å². The number of hydrogen-bond acceptors (Lipinski definition) is 7. The van der Waals surface area contributed by atoms with Crippen LogP contribution < -0.4 is 9.62 Å². The van der Waals surface area contributed by atoms with Gasteiger partial charge in [0.1, 0.15) is 23.3 Å². The monoisotopic (exact) mass is 559 g/mol. The van der Waals surface area contributed by atoms with E-state index < -0.39 is 28.0 Å². The summed E-state index contributed by atoms with van der Waals surface area (Å²) < 4.78 is 59.6. The van der Waals surface area contributed by atoms with Gasteiger partial charge in [0.05, 0.1) is 42.9 Å². The van der Waals surface area contributed by atoms with E-state index in [1.165, 1.54) is 35.6 Å². The average molecular weight is 560 g/mol. The first-order valence-electron chi connectivity index (χ1n) is 13.1. The summed E-state index contributed by atoms with van der Waals surface area (Å²) in [6, 6.07) is 9.06. The quantitative estimate of drug-likeness (QED) is 0.488. The first-order valence-corrected chi connectivity index (χ1v) is 14.9. The molecule has 2 atom stereocenters. The molecule has 1 saturated heterocycles. The number of ether oxygens (including phenoxy) is 2. The number of carbonyl (C=O) groups excluding carboxylic acids is 1. The highest BCUT2D eigenvalue weighted by Gasteiger charge is 2.34. The molecule has 1 fully saturated rings. The van der Waals surface area contributed by atoms with Gasteiger partial charge in [-0.2, -0.15) is 0 Å². The van der Waals surface area contributed by atoms with Crippen LogP contribution in [0.4, 0.5) is 10.1 Å². The highest BCUT2D eigenvalue weighted by atomic mass is 32.2. The van der Waals surface area contributed by atoms with Crippen molar-refractivity contribution < 1.29 is 31.5 Å². The van der Waals surface area contributed by atoms with Crippen LogP contribution in [-0.4, -0.2) is 78.0 Å². The number of anilines is 1. The molecule has 2 aliphatic heterocycles. The molecule has 0 bridgehead atoms. The summed E-state index contributed by atoms with van der Waals surface area (Å²) >= 11 is 0. The van der Waals surface area contributed by atoms with Crippen molar-refractivity contribution in [1.82, 2.24) is 10.2 Å². The van der Waals surface area contributed by atoms with Crippen LogP contribution in [0.5, 0.6) is 0 Å². The number of carbonyl (C=O) groups is 1. The molecule has 1 amide bonds. The molecule has 210 valence electrons. The maximum Gasteiger partial charge on any atom is 0.255 e. The van der Waals surface area contributed by atoms with E-state index in [1.807, 2.05) is 6.92 Å². The number of fused-ring (bicyclic) bond motifs is 2. The molecular formula is C28H34FN3O6S. The molecule has 1 aromatic heterocycles. The fourth-order valence-corrected chi connectivity index (χ4v) is 6.29. The van der Waals surface area contributed by atoms with Crippen molar-refractivity contribution in [3.63, 3.8) is 0 Å². The highest BCUT2D eigenvalue weighted by molar-refractivity contribution is 7.92. The molecule has 0 spiro atoms. The molecular weight excluding hydrogens is 525 g/mol. The molecule has 39 heavy (non-hydrogen) atoms. The van der Waals surface area contributed by atoms with Crippen molar-refractivity contribution in [2.24, 2.45) is 0 Å². The van der Waals surface area contributed by atoms with Crippen LogP contribution in [0.25, 0.3) is 22.3 Å². The van der Waals surface area contributed by atoms with Gasteiger partial charge in [-0.05, 0) is 57.1 Å². The molecule has 1 N–H and O–H groups in total. The lowest BCUT2D eigenvalue weighted by Crippen LogP contribution is -2.40. The predicted molar refractivity (Wildman–Crippen MR) is 147 cm³/mol. The van der Waals surface area contributed by atoms with Gasteiger partial charge in [0.25, 0.3) is 5.91 Å². The third-order valence-electron chi connectivity index (χ3n) is 7.45. The fourth-order valence-electron chi connectivity index (χ4n) is 5.33. The minimum Gasteiger partial charge on any atom is -0.455 e. The number of rotatable bonds is 6. The van der Waals surface area contributed by atoms with Crippen LogP contribution in [-0.2, 0) is 19.5 Å². The zero-order chi connectivity index (χ0) is 27.9. The van der Waals surface area contributed by atoms with Crippen molar-refractivity contribution in [3.8, 4) is 11.3 Å². The zero-order valence-electron chi connectivity index (χ0n) is 22.6. The number of sulfonamides is 1. The normalized spacial score (nSPS) is 21.1. The minimum absolute atomic E-state index is 0.0855. The number of benzene rings is 2. The number of furan rings is 1. The third-order valence-corrected chi connectivity index (χ3v) is 8.60. The molecule has 2 aromatic carbocycles. The highest BCUT2D eigenvalue weighted by Crippen LogP contribution is 2.42. The van der Waals surface area contributed by atoms with E-state index >= 15 is 0 Å². The summed E-state index contributed by atoms with van der Waals surface area (Å²) in [5.74, 6) is -0.514. The molecule has 11 heteroatoms. The summed E-state index contributed by atoms with van der Waals surface area (Å²) in [5, 5.41) is 3.16. The summed E-state index contributed by atoms with van der Waals surface area (Å²) in [6.07, 6.45) is 2.15. The molecule has 3 aromatic rings. The van der Waals surface area contributed by atoms with E-state index in [2.05, 4.69) is 17.3 Å². The number of piperidine rings is 1. The van der Waals surface area contributed by atoms with Gasteiger partial charge in [-0.3, -0.25) is 9.10 Å². The Bertz CT molecular complexity index is 1460. The molecule has 0 unspecified atom stereocenters. The zero-order valence-corrected chi connectivity index (χ0v) is 23.4. The second kappa shape index (κ2) is 10.9. The summed E-state index contributed by atoms with van der Waals surface area (Å²) in [5.41, 5.74) is 2.20. The lowest BCUT2D eigenvalue weighted by molar-refractivity contribution is -0.0744. The minimum atomic E-state index is -3.69. The van der Waals surface area contributed by atoms with Gasteiger partial charge in [0.2, 0.25) is 10.0 Å². The van der Waals surface area contributed by atoms with Crippen molar-refractivity contribution in [2.75, 3.05) is 50.9 Å². The number of amides is 1. The Morgan fingerprint density at radius 2 is 1.87 bits per heavy atom. The first kappa shape index (κ1) is 27.6. The number of nitrogens with zero attached hydrogens (tertiary/aromatic N) is 2. The molecule has 0 saturated carbocycles. The number of nitrogens with one attached hydrogen (secondary N) is 1. The number of hydrogen-bond donors (Lipinski definition) is 1. The van der Waals surface area contributed by atoms with Gasteiger partial charge in [0.15, 0.2) is 0 Å². The van der Waals surface area contributed by atoms with Gasteiger partial charge in [-0.15, -0.1) is 0 Å². The Balaban J connectivity index is 1.54. The molecule has 5 rings (SSSR count). The second-order valence-electron chi connectivity index (χ2n) is 10.3. The Kier molecular flexibility index (Phi) is 7.69. The van der Waals surface area contributed by atoms with Crippen LogP contribution in [0.3, 0.4) is 0 Å². The van der Waals surface area contributed by atoms with Gasteiger partial charge < -0.3 is 24.1 Å². The Morgan fingerprint density at radius 1 is 1.18 bits per heavy atom. The Hall–Kier alpha value is -2.99. The smallest absolute Gasteiger partial charge is 0.255 e. The average Bonchev–Trinajstić information content (AvgIpc) is 3.20. The van der Waals surface area contributed by atoms with E-state index in [1.54, 1.807) is 12.1 Å². The van der Waals surface area contributed by atoms with Gasteiger partial charge in [-0.25, -0.2) is 12.8 Å². The molecule has 0 aliphatic carbocycles. The van der Waals surface area contributed by atoms with Crippen LogP contribution in [0.15, 0.2) is 40.8 Å². The maximum atomic E-state index is 13.6. The summed E-state index contributed by atoms with van der Waals surface area (Å²) in [7, 11) is -0.0866. The van der Waals surface area contributed by atoms with Crippen LogP contribution in [0.2, 0.25) is 0 Å². The summed E-state index contributed by atoms with van der Waals surface area (Å²) in [6.45, 7) is 4.13. The molecule has 9 nitrogen and oxygen atoms in total. The van der Waals surface area contributed by atoms with E-state index in [9.17, 15) is 17.6 Å². The van der Waals surface area contributed by atoms with Crippen molar-refractivity contribution in [2.45, 2.75) is 38.1 Å². The Morgan fingerprint density at radius 3 is 2.51 bits per heavy atom. The lowest BCUT2D eigenvalue weighted by Gasteiger charge is -2.31. The standard InChI is InChI=1S/C28H34FN3O6S/c1-17-22-13-23-25(38-27(26(23)28(33)30-2)18-5-7-19(29)8-6-18)14-24(22)32(39(4,34)35)15-21(37-17)16-36-20-9-11-31(3)12-10-20/h5-8,13-14,17,20-21H,9-12,15-16H2,1-4H3,(H,30,33)/t17-,21-/m0/s1. The van der Waals surface area contributed by atoms with Crippen LogP contribution in [0.1, 0.15) is 41.8 Å². The first-order chi connectivity index (χ1) is 18.5. The topological polar surface area (TPSA) is 101 Å². The van der Waals surface area contributed by atoms with E-state index in [4.69, 9.17) is 13.9 Å². The van der Waals surface area contributed by atoms with E-state index in [0.29, 0.717) is 27.8 Å². The fraction of sp³-hybridized carbons (Fsp3) is 0.464. The molecule has 2 aliphatic rings. The maximum absolute atomic E-state index is 13.6. The predicted octanol–water partition coefficient (Wildman–Crippen LogP) is 3.94. The van der Waals surface area contributed by atoms with Gasteiger partial charge in [-0.1, -0.05) is 0 Å². The molecule has 3 heterocycles.